The third kappa shape index (κ3) is 2.76. The van der Waals surface area contributed by atoms with Crippen LogP contribution < -0.4 is 11.1 Å². The average molecular weight is 435 g/mol. The lowest BCUT2D eigenvalue weighted by molar-refractivity contribution is 1.64. The van der Waals surface area contributed by atoms with Gasteiger partial charge in [0.15, 0.2) is 0 Å². The highest BCUT2D eigenvalue weighted by molar-refractivity contribution is 6.22. The molecule has 2 nitrogen and oxygen atoms in total. The summed E-state index contributed by atoms with van der Waals surface area (Å²) in [5.74, 6) is 0. The Morgan fingerprint density at radius 2 is 1.00 bits per heavy atom. The van der Waals surface area contributed by atoms with Gasteiger partial charge in [0.2, 0.25) is 0 Å². The van der Waals surface area contributed by atoms with Crippen molar-refractivity contribution in [3.63, 3.8) is 0 Å². The number of fused-ring (bicyclic) bond motifs is 6. The van der Waals surface area contributed by atoms with E-state index >= 15 is 0 Å². The van der Waals surface area contributed by atoms with Gasteiger partial charge in [-0.2, -0.15) is 0 Å². The molecule has 0 atom stereocenters. The Morgan fingerprint density at radius 1 is 0.441 bits per heavy atom. The number of nitrogen functional groups attached to an aromatic ring is 1. The lowest BCUT2D eigenvalue weighted by atomic mass is 9.96. The number of rotatable bonds is 2. The van der Waals surface area contributed by atoms with Gasteiger partial charge >= 0.3 is 0 Å². The summed E-state index contributed by atoms with van der Waals surface area (Å²) in [5.41, 5.74) is 9.62. The first kappa shape index (κ1) is 19.0. The van der Waals surface area contributed by atoms with Gasteiger partial charge in [0, 0.05) is 38.3 Å². The molecule has 0 aromatic heterocycles. The molecule has 2 heteroatoms. The first-order valence-corrected chi connectivity index (χ1v) is 11.6. The van der Waals surface area contributed by atoms with Crippen molar-refractivity contribution in [3.05, 3.63) is 115 Å². The fraction of sp³-hybridized carbons (Fsp3) is 0. The Bertz CT molecular complexity index is 1840. The van der Waals surface area contributed by atoms with E-state index in [1.807, 2.05) is 12.1 Å². The molecule has 0 heterocycles. The summed E-state index contributed by atoms with van der Waals surface area (Å²) in [4.78, 5) is 0. The number of hydrogen-bond acceptors (Lipinski definition) is 2. The molecule has 0 aliphatic carbocycles. The van der Waals surface area contributed by atoms with Gasteiger partial charge in [-0.1, -0.05) is 97.1 Å². The van der Waals surface area contributed by atoms with E-state index in [0.29, 0.717) is 0 Å². The lowest BCUT2D eigenvalue weighted by Gasteiger charge is -2.18. The van der Waals surface area contributed by atoms with E-state index in [0.717, 1.165) is 38.6 Å². The first-order valence-electron chi connectivity index (χ1n) is 11.6. The van der Waals surface area contributed by atoms with Crippen molar-refractivity contribution in [2.24, 2.45) is 0 Å². The second kappa shape index (κ2) is 7.23. The second-order valence-corrected chi connectivity index (χ2v) is 8.89. The molecule has 34 heavy (non-hydrogen) atoms. The SMILES string of the molecule is Nc1c2ccccc2c(Nc2cccc3ccc4cc5ccccc5cc4c23)c2ccccc12. The smallest absolute Gasteiger partial charge is 0.0545 e. The largest absolute Gasteiger partial charge is 0.398 e. The summed E-state index contributed by atoms with van der Waals surface area (Å²) in [6.45, 7) is 0. The molecule has 0 amide bonds. The first-order chi connectivity index (χ1) is 16.8. The zero-order chi connectivity index (χ0) is 22.6. The lowest BCUT2D eigenvalue weighted by Crippen LogP contribution is -1.98. The van der Waals surface area contributed by atoms with E-state index in [4.69, 9.17) is 5.73 Å². The van der Waals surface area contributed by atoms with Gasteiger partial charge in [0.1, 0.15) is 0 Å². The van der Waals surface area contributed by atoms with Crippen molar-refractivity contribution in [1.82, 2.24) is 0 Å². The molecule has 7 aromatic rings. The number of hydrogen-bond donors (Lipinski definition) is 2. The zero-order valence-corrected chi connectivity index (χ0v) is 18.5. The van der Waals surface area contributed by atoms with E-state index in [2.05, 4.69) is 108 Å². The van der Waals surface area contributed by atoms with Crippen LogP contribution in [0.1, 0.15) is 0 Å². The highest BCUT2D eigenvalue weighted by atomic mass is 14.9. The Kier molecular flexibility index (Phi) is 4.03. The van der Waals surface area contributed by atoms with Crippen molar-refractivity contribution in [3.8, 4) is 0 Å². The zero-order valence-electron chi connectivity index (χ0n) is 18.5. The molecule has 0 aliphatic rings. The van der Waals surface area contributed by atoms with Crippen LogP contribution in [-0.2, 0) is 0 Å². The van der Waals surface area contributed by atoms with Crippen LogP contribution in [0, 0.1) is 0 Å². The van der Waals surface area contributed by atoms with Crippen LogP contribution in [0.2, 0.25) is 0 Å². The molecule has 0 fully saturated rings. The molecule has 0 spiro atoms. The van der Waals surface area contributed by atoms with Crippen molar-refractivity contribution in [2.75, 3.05) is 11.1 Å². The Hall–Kier alpha value is -4.56. The molecule has 0 unspecified atom stereocenters. The standard InChI is InChI=1S/C32H22N2/c33-31-24-11-3-5-13-26(24)32(27-14-6-4-12-25(27)31)34-29-15-7-10-20-16-17-23-18-21-8-1-2-9-22(21)19-28(23)30(20)29/h1-19,34H,33H2. The Morgan fingerprint density at radius 3 is 1.71 bits per heavy atom. The minimum Gasteiger partial charge on any atom is -0.398 e. The van der Waals surface area contributed by atoms with Gasteiger partial charge in [-0.15, -0.1) is 0 Å². The van der Waals surface area contributed by atoms with E-state index in [1.54, 1.807) is 0 Å². The maximum absolute atomic E-state index is 6.61. The fourth-order valence-electron chi connectivity index (χ4n) is 5.34. The van der Waals surface area contributed by atoms with Gasteiger partial charge in [-0.25, -0.2) is 0 Å². The average Bonchev–Trinajstić information content (AvgIpc) is 2.90. The summed E-state index contributed by atoms with van der Waals surface area (Å²) in [5, 5.41) is 15.7. The van der Waals surface area contributed by atoms with Gasteiger partial charge in [0.25, 0.3) is 0 Å². The van der Waals surface area contributed by atoms with E-state index in [9.17, 15) is 0 Å². The summed E-state index contributed by atoms with van der Waals surface area (Å²) < 4.78 is 0. The van der Waals surface area contributed by atoms with Crippen LogP contribution in [0.3, 0.4) is 0 Å². The number of anilines is 3. The van der Waals surface area contributed by atoms with Crippen LogP contribution in [0.5, 0.6) is 0 Å². The van der Waals surface area contributed by atoms with E-state index in [1.165, 1.54) is 32.3 Å². The maximum atomic E-state index is 6.61. The van der Waals surface area contributed by atoms with Crippen LogP contribution in [0.4, 0.5) is 17.1 Å². The van der Waals surface area contributed by atoms with Crippen molar-refractivity contribution in [1.29, 1.82) is 0 Å². The van der Waals surface area contributed by atoms with Gasteiger partial charge in [0.05, 0.1) is 5.69 Å². The van der Waals surface area contributed by atoms with Crippen LogP contribution in [-0.4, -0.2) is 0 Å². The van der Waals surface area contributed by atoms with Gasteiger partial charge < -0.3 is 11.1 Å². The molecule has 0 bridgehead atoms. The van der Waals surface area contributed by atoms with E-state index < -0.39 is 0 Å². The Balaban J connectivity index is 1.56. The van der Waals surface area contributed by atoms with E-state index in [-0.39, 0.29) is 0 Å². The van der Waals surface area contributed by atoms with Crippen molar-refractivity contribution < 1.29 is 0 Å². The summed E-state index contributed by atoms with van der Waals surface area (Å²) in [7, 11) is 0. The van der Waals surface area contributed by atoms with Gasteiger partial charge in [-0.05, 0) is 45.1 Å². The highest BCUT2D eigenvalue weighted by Crippen LogP contribution is 2.42. The summed E-state index contributed by atoms with van der Waals surface area (Å²) in [6.07, 6.45) is 0. The number of nitrogens with one attached hydrogen (secondary N) is 1. The normalized spacial score (nSPS) is 11.6. The van der Waals surface area contributed by atoms with Crippen LogP contribution >= 0.6 is 0 Å². The fourth-order valence-corrected chi connectivity index (χ4v) is 5.34. The number of nitrogens with two attached hydrogens (primary N) is 1. The summed E-state index contributed by atoms with van der Waals surface area (Å²) >= 11 is 0. The second-order valence-electron chi connectivity index (χ2n) is 8.89. The monoisotopic (exact) mass is 434 g/mol. The molecule has 0 radical (unpaired) electrons. The topological polar surface area (TPSA) is 38.0 Å². The van der Waals surface area contributed by atoms with Crippen molar-refractivity contribution in [2.45, 2.75) is 0 Å². The van der Waals surface area contributed by atoms with Crippen molar-refractivity contribution >= 4 is 70.9 Å². The molecule has 0 aliphatic heterocycles. The molecular weight excluding hydrogens is 412 g/mol. The third-order valence-electron chi connectivity index (χ3n) is 6.96. The predicted octanol–water partition coefficient (Wildman–Crippen LogP) is 8.78. The minimum atomic E-state index is 0.826. The highest BCUT2D eigenvalue weighted by Gasteiger charge is 2.14. The number of benzene rings is 7. The van der Waals surface area contributed by atoms with Gasteiger partial charge in [-0.3, -0.25) is 0 Å². The predicted molar refractivity (Wildman–Crippen MR) is 148 cm³/mol. The molecule has 0 saturated heterocycles. The molecule has 160 valence electrons. The van der Waals surface area contributed by atoms with Crippen LogP contribution in [0.15, 0.2) is 115 Å². The quantitative estimate of drug-likeness (QED) is 0.123. The minimum absolute atomic E-state index is 0.826. The molecular formula is C32H22N2. The molecule has 3 N–H and O–H groups in total. The molecule has 7 aromatic carbocycles. The van der Waals surface area contributed by atoms with Crippen LogP contribution in [0.25, 0.3) is 53.9 Å². The summed E-state index contributed by atoms with van der Waals surface area (Å²) in [6, 6.07) is 40.9. The molecule has 0 saturated carbocycles. The molecule has 7 rings (SSSR count). The Labute approximate surface area is 197 Å². The maximum Gasteiger partial charge on any atom is 0.0545 e. The third-order valence-corrected chi connectivity index (χ3v) is 6.96.